The summed E-state index contributed by atoms with van der Waals surface area (Å²) in [5.74, 6) is 0.128. The Balaban J connectivity index is 3.13. The van der Waals surface area contributed by atoms with Gasteiger partial charge in [-0.2, -0.15) is 0 Å². The highest BCUT2D eigenvalue weighted by atomic mass is 15.1. The van der Waals surface area contributed by atoms with E-state index in [0.717, 1.165) is 16.8 Å². The first-order valence-electron chi connectivity index (χ1n) is 4.14. The smallest absolute Gasteiger partial charge is 0.123 e. The van der Waals surface area contributed by atoms with Gasteiger partial charge in [-0.15, -0.1) is 0 Å². The molecule has 0 saturated carbocycles. The molecule has 0 aliphatic carbocycles. The van der Waals surface area contributed by atoms with Crippen molar-refractivity contribution >= 4 is 11.5 Å². The lowest BCUT2D eigenvalue weighted by Gasteiger charge is -2.14. The zero-order valence-electron chi connectivity index (χ0n) is 8.26. The van der Waals surface area contributed by atoms with Crippen molar-refractivity contribution < 1.29 is 0 Å². The number of nitrogen functional groups attached to an aromatic ring is 1. The van der Waals surface area contributed by atoms with E-state index in [9.17, 15) is 0 Å². The maximum Gasteiger partial charge on any atom is 0.123 e. The van der Waals surface area contributed by atoms with E-state index >= 15 is 0 Å². The monoisotopic (exact) mass is 177 g/mol. The minimum Gasteiger partial charge on any atom is -0.384 e. The van der Waals surface area contributed by atoms with E-state index in [1.807, 2.05) is 44.1 Å². The van der Waals surface area contributed by atoms with Crippen molar-refractivity contribution in [1.82, 2.24) is 0 Å². The summed E-state index contributed by atoms with van der Waals surface area (Å²) in [5.41, 5.74) is 8.39. The van der Waals surface area contributed by atoms with Gasteiger partial charge in [0.05, 0.1) is 0 Å². The number of anilines is 1. The lowest BCUT2D eigenvalue weighted by Crippen LogP contribution is -2.14. The van der Waals surface area contributed by atoms with Gasteiger partial charge in [0.15, 0.2) is 0 Å². The fraction of sp³-hybridized carbons (Fsp3) is 0.300. The Morgan fingerprint density at radius 3 is 2.38 bits per heavy atom. The molecule has 1 aromatic rings. The summed E-state index contributed by atoms with van der Waals surface area (Å²) in [6.45, 7) is 1.96. The lowest BCUT2D eigenvalue weighted by atomic mass is 10.1. The van der Waals surface area contributed by atoms with Crippen molar-refractivity contribution in [2.75, 3.05) is 19.0 Å². The second-order valence-electron chi connectivity index (χ2n) is 3.31. The third-order valence-electron chi connectivity index (χ3n) is 2.02. The Morgan fingerprint density at radius 1 is 1.38 bits per heavy atom. The molecule has 0 atom stereocenters. The van der Waals surface area contributed by atoms with E-state index in [4.69, 9.17) is 11.1 Å². The summed E-state index contributed by atoms with van der Waals surface area (Å²) < 4.78 is 0. The van der Waals surface area contributed by atoms with Gasteiger partial charge in [-0.3, -0.25) is 5.41 Å². The van der Waals surface area contributed by atoms with Gasteiger partial charge in [0, 0.05) is 25.3 Å². The van der Waals surface area contributed by atoms with Crippen LogP contribution in [0.3, 0.4) is 0 Å². The van der Waals surface area contributed by atoms with Crippen LogP contribution in [0.2, 0.25) is 0 Å². The molecule has 70 valence electrons. The molecule has 0 saturated heterocycles. The largest absolute Gasteiger partial charge is 0.384 e. The number of hydrogen-bond acceptors (Lipinski definition) is 2. The highest BCUT2D eigenvalue weighted by Crippen LogP contribution is 2.16. The topological polar surface area (TPSA) is 53.1 Å². The van der Waals surface area contributed by atoms with E-state index < -0.39 is 0 Å². The number of rotatable bonds is 2. The average Bonchev–Trinajstić information content (AvgIpc) is 2.03. The van der Waals surface area contributed by atoms with Gasteiger partial charge in [0.1, 0.15) is 5.84 Å². The number of hydrogen-bond donors (Lipinski definition) is 2. The second-order valence-corrected chi connectivity index (χ2v) is 3.31. The molecular weight excluding hydrogens is 162 g/mol. The van der Waals surface area contributed by atoms with E-state index in [1.165, 1.54) is 0 Å². The fourth-order valence-corrected chi connectivity index (χ4v) is 1.23. The van der Waals surface area contributed by atoms with Crippen molar-refractivity contribution in [2.45, 2.75) is 6.92 Å². The first-order valence-corrected chi connectivity index (χ1v) is 4.14. The molecule has 3 heteroatoms. The van der Waals surface area contributed by atoms with Crippen molar-refractivity contribution in [3.8, 4) is 0 Å². The lowest BCUT2D eigenvalue weighted by molar-refractivity contribution is 1.13. The first kappa shape index (κ1) is 9.58. The summed E-state index contributed by atoms with van der Waals surface area (Å²) in [7, 11) is 3.98. The Bertz CT molecular complexity index is 329. The molecule has 0 fully saturated rings. The molecule has 0 aliphatic rings. The first-order chi connectivity index (χ1) is 6.02. The molecule has 0 unspecified atom stereocenters. The van der Waals surface area contributed by atoms with Crippen molar-refractivity contribution in [3.05, 3.63) is 29.3 Å². The number of nitrogens with one attached hydrogen (secondary N) is 1. The summed E-state index contributed by atoms with van der Waals surface area (Å²) in [4.78, 5) is 2.02. The van der Waals surface area contributed by atoms with E-state index in [2.05, 4.69) is 0 Å². The standard InChI is InChI=1S/C10H15N3/c1-7-6-8(13(2)3)4-5-9(7)10(11)12/h4-6H,1-3H3,(H3,11,12). The van der Waals surface area contributed by atoms with Crippen LogP contribution in [0.4, 0.5) is 5.69 Å². The number of amidine groups is 1. The van der Waals surface area contributed by atoms with E-state index in [1.54, 1.807) is 0 Å². The maximum atomic E-state index is 7.32. The Morgan fingerprint density at radius 2 is 2.00 bits per heavy atom. The average molecular weight is 177 g/mol. The summed E-state index contributed by atoms with van der Waals surface area (Å²) in [6, 6.07) is 5.87. The molecule has 0 bridgehead atoms. The highest BCUT2D eigenvalue weighted by Gasteiger charge is 2.02. The highest BCUT2D eigenvalue weighted by molar-refractivity contribution is 5.96. The number of aryl methyl sites for hydroxylation is 1. The van der Waals surface area contributed by atoms with Crippen LogP contribution >= 0.6 is 0 Å². The van der Waals surface area contributed by atoms with Gasteiger partial charge in [0.2, 0.25) is 0 Å². The minimum absolute atomic E-state index is 0.128. The molecule has 0 heterocycles. The van der Waals surface area contributed by atoms with E-state index in [0.29, 0.717) is 0 Å². The number of nitrogens with zero attached hydrogens (tertiary/aromatic N) is 1. The number of benzene rings is 1. The van der Waals surface area contributed by atoms with Crippen molar-refractivity contribution in [3.63, 3.8) is 0 Å². The zero-order chi connectivity index (χ0) is 10.0. The van der Waals surface area contributed by atoms with Gasteiger partial charge in [-0.25, -0.2) is 0 Å². The normalized spacial score (nSPS) is 9.77. The predicted octanol–water partition coefficient (Wildman–Crippen LogP) is 1.35. The van der Waals surface area contributed by atoms with Gasteiger partial charge >= 0.3 is 0 Å². The van der Waals surface area contributed by atoms with Crippen LogP contribution in [0.25, 0.3) is 0 Å². The van der Waals surface area contributed by atoms with Crippen LogP contribution in [-0.4, -0.2) is 19.9 Å². The second kappa shape index (κ2) is 3.47. The van der Waals surface area contributed by atoms with Crippen LogP contribution in [-0.2, 0) is 0 Å². The van der Waals surface area contributed by atoms with Gasteiger partial charge in [0.25, 0.3) is 0 Å². The van der Waals surface area contributed by atoms with Crippen LogP contribution in [0.15, 0.2) is 18.2 Å². The Kier molecular flexibility index (Phi) is 2.56. The molecule has 0 radical (unpaired) electrons. The molecule has 1 aromatic carbocycles. The Hall–Kier alpha value is -1.51. The quantitative estimate of drug-likeness (QED) is 0.529. The third-order valence-corrected chi connectivity index (χ3v) is 2.02. The molecule has 13 heavy (non-hydrogen) atoms. The molecule has 0 amide bonds. The molecule has 3 nitrogen and oxygen atoms in total. The Labute approximate surface area is 78.7 Å². The number of nitrogens with two attached hydrogens (primary N) is 1. The van der Waals surface area contributed by atoms with Crippen molar-refractivity contribution in [2.24, 2.45) is 5.73 Å². The van der Waals surface area contributed by atoms with Crippen LogP contribution in [0.1, 0.15) is 11.1 Å². The minimum atomic E-state index is 0.128. The summed E-state index contributed by atoms with van der Waals surface area (Å²) in [5, 5.41) is 7.32. The summed E-state index contributed by atoms with van der Waals surface area (Å²) in [6.07, 6.45) is 0. The summed E-state index contributed by atoms with van der Waals surface area (Å²) >= 11 is 0. The molecular formula is C10H15N3. The molecule has 0 aliphatic heterocycles. The molecule has 1 rings (SSSR count). The van der Waals surface area contributed by atoms with Crippen LogP contribution < -0.4 is 10.6 Å². The predicted molar refractivity (Wildman–Crippen MR) is 56.5 cm³/mol. The molecule has 0 aromatic heterocycles. The van der Waals surface area contributed by atoms with Crippen molar-refractivity contribution in [1.29, 1.82) is 5.41 Å². The third kappa shape index (κ3) is 1.99. The zero-order valence-corrected chi connectivity index (χ0v) is 8.26. The van der Waals surface area contributed by atoms with Crippen LogP contribution in [0, 0.1) is 12.3 Å². The van der Waals surface area contributed by atoms with Gasteiger partial charge in [-0.05, 0) is 30.7 Å². The maximum absolute atomic E-state index is 7.32. The van der Waals surface area contributed by atoms with Gasteiger partial charge < -0.3 is 10.6 Å². The van der Waals surface area contributed by atoms with Crippen LogP contribution in [0.5, 0.6) is 0 Å². The van der Waals surface area contributed by atoms with E-state index in [-0.39, 0.29) is 5.84 Å². The fourth-order valence-electron chi connectivity index (χ4n) is 1.23. The molecule has 0 spiro atoms. The van der Waals surface area contributed by atoms with Gasteiger partial charge in [-0.1, -0.05) is 0 Å². The SMILES string of the molecule is Cc1cc(N(C)C)ccc1C(=N)N. The molecule has 3 N–H and O–H groups in total.